The molecule has 1 aromatic heterocycles. The van der Waals surface area contributed by atoms with Crippen molar-refractivity contribution in [2.24, 2.45) is 0 Å². The molecule has 1 atom stereocenters. The molecule has 0 fully saturated rings. The Morgan fingerprint density at radius 2 is 2.06 bits per heavy atom. The predicted molar refractivity (Wildman–Crippen MR) is 73.5 cm³/mol. The molecule has 90 valence electrons. The summed E-state index contributed by atoms with van der Waals surface area (Å²) in [4.78, 5) is 0. The summed E-state index contributed by atoms with van der Waals surface area (Å²) >= 11 is 1.71. The summed E-state index contributed by atoms with van der Waals surface area (Å²) in [6, 6.07) is 8.39. The van der Waals surface area contributed by atoms with E-state index in [2.05, 4.69) is 48.9 Å². The first-order valence-electron chi connectivity index (χ1n) is 5.93. The minimum absolute atomic E-state index is 0.352. The smallest absolute Gasteiger partial charge is 0.0795 e. The standard InChI is InChI=1S/C15H18OS/c1-11-3-4-12(2)14(9-11)15(16)6-5-13-7-8-17-10-13/h3-4,7-10,15-16H,5-6H2,1-2H3. The lowest BCUT2D eigenvalue weighted by atomic mass is 9.97. The molecule has 2 heteroatoms. The number of aryl methyl sites for hydroxylation is 3. The lowest BCUT2D eigenvalue weighted by Gasteiger charge is -2.14. The van der Waals surface area contributed by atoms with Crippen LogP contribution >= 0.6 is 11.3 Å². The van der Waals surface area contributed by atoms with Gasteiger partial charge in [-0.15, -0.1) is 0 Å². The molecule has 0 spiro atoms. The molecule has 1 nitrogen and oxygen atoms in total. The van der Waals surface area contributed by atoms with E-state index < -0.39 is 0 Å². The van der Waals surface area contributed by atoms with Crippen molar-refractivity contribution in [3.05, 3.63) is 57.3 Å². The zero-order chi connectivity index (χ0) is 12.3. The van der Waals surface area contributed by atoms with Crippen LogP contribution in [0, 0.1) is 13.8 Å². The highest BCUT2D eigenvalue weighted by Crippen LogP contribution is 2.23. The highest BCUT2D eigenvalue weighted by Gasteiger charge is 2.10. The van der Waals surface area contributed by atoms with Crippen LogP contribution in [0.5, 0.6) is 0 Å². The van der Waals surface area contributed by atoms with Crippen molar-refractivity contribution in [3.8, 4) is 0 Å². The Balaban J connectivity index is 2.04. The first-order chi connectivity index (χ1) is 8.16. The summed E-state index contributed by atoms with van der Waals surface area (Å²) < 4.78 is 0. The van der Waals surface area contributed by atoms with Gasteiger partial charge in [-0.1, -0.05) is 23.8 Å². The molecule has 0 saturated carbocycles. The maximum absolute atomic E-state index is 10.2. The Bertz CT molecular complexity index is 474. The van der Waals surface area contributed by atoms with E-state index in [4.69, 9.17) is 0 Å². The van der Waals surface area contributed by atoms with Gasteiger partial charge in [0.1, 0.15) is 0 Å². The molecule has 1 unspecified atom stereocenters. The Morgan fingerprint density at radius 1 is 1.24 bits per heavy atom. The number of hydrogen-bond donors (Lipinski definition) is 1. The Hall–Kier alpha value is -1.12. The van der Waals surface area contributed by atoms with E-state index >= 15 is 0 Å². The van der Waals surface area contributed by atoms with Gasteiger partial charge in [0.2, 0.25) is 0 Å². The van der Waals surface area contributed by atoms with Crippen molar-refractivity contribution in [2.45, 2.75) is 32.8 Å². The van der Waals surface area contributed by atoms with Crippen molar-refractivity contribution in [3.63, 3.8) is 0 Å². The van der Waals surface area contributed by atoms with Gasteiger partial charge < -0.3 is 5.11 Å². The molecule has 1 N–H and O–H groups in total. The van der Waals surface area contributed by atoms with Gasteiger partial charge in [0.05, 0.1) is 6.10 Å². The van der Waals surface area contributed by atoms with Gasteiger partial charge >= 0.3 is 0 Å². The van der Waals surface area contributed by atoms with Crippen LogP contribution in [0.15, 0.2) is 35.0 Å². The second-order valence-corrected chi connectivity index (χ2v) is 5.33. The molecule has 1 heterocycles. The predicted octanol–water partition coefficient (Wildman–Crippen LogP) is 4.03. The lowest BCUT2D eigenvalue weighted by Crippen LogP contribution is -2.02. The molecule has 0 aliphatic heterocycles. The molecule has 2 rings (SSSR count). The summed E-state index contributed by atoms with van der Waals surface area (Å²) in [5.41, 5.74) is 4.77. The van der Waals surface area contributed by atoms with Gasteiger partial charge in [0.15, 0.2) is 0 Å². The summed E-state index contributed by atoms with van der Waals surface area (Å²) in [6.45, 7) is 4.12. The number of benzene rings is 1. The third-order valence-electron chi connectivity index (χ3n) is 3.08. The fraction of sp³-hybridized carbons (Fsp3) is 0.333. The van der Waals surface area contributed by atoms with Crippen LogP contribution in [0.4, 0.5) is 0 Å². The Labute approximate surface area is 107 Å². The number of aliphatic hydroxyl groups excluding tert-OH is 1. The zero-order valence-electron chi connectivity index (χ0n) is 10.3. The number of rotatable bonds is 4. The molecule has 0 amide bonds. The van der Waals surface area contributed by atoms with E-state index in [-0.39, 0.29) is 6.10 Å². The average molecular weight is 246 g/mol. The van der Waals surface area contributed by atoms with Crippen molar-refractivity contribution >= 4 is 11.3 Å². The third-order valence-corrected chi connectivity index (χ3v) is 3.81. The first kappa shape index (κ1) is 12.3. The minimum Gasteiger partial charge on any atom is -0.388 e. The van der Waals surface area contributed by atoms with Crippen LogP contribution in [0.1, 0.15) is 34.8 Å². The van der Waals surface area contributed by atoms with Gasteiger partial charge in [-0.3, -0.25) is 0 Å². The van der Waals surface area contributed by atoms with Crippen molar-refractivity contribution in [2.75, 3.05) is 0 Å². The van der Waals surface area contributed by atoms with Gasteiger partial charge in [0, 0.05) is 0 Å². The molecule has 2 aromatic rings. The molecule has 0 aliphatic rings. The highest BCUT2D eigenvalue weighted by atomic mass is 32.1. The Morgan fingerprint density at radius 3 is 2.76 bits per heavy atom. The maximum Gasteiger partial charge on any atom is 0.0795 e. The van der Waals surface area contributed by atoms with Gasteiger partial charge in [0.25, 0.3) is 0 Å². The molecule has 17 heavy (non-hydrogen) atoms. The summed E-state index contributed by atoms with van der Waals surface area (Å²) in [7, 11) is 0. The van der Waals surface area contributed by atoms with Crippen LogP contribution in [-0.4, -0.2) is 5.11 Å². The fourth-order valence-electron chi connectivity index (χ4n) is 2.01. The topological polar surface area (TPSA) is 20.2 Å². The molecule has 0 aliphatic carbocycles. The molecular formula is C15H18OS. The third kappa shape index (κ3) is 3.18. The molecule has 1 aromatic carbocycles. The van der Waals surface area contributed by atoms with Gasteiger partial charge in [-0.05, 0) is 60.2 Å². The van der Waals surface area contributed by atoms with Gasteiger partial charge in [-0.25, -0.2) is 0 Å². The zero-order valence-corrected chi connectivity index (χ0v) is 11.1. The van der Waals surface area contributed by atoms with Crippen molar-refractivity contribution in [1.82, 2.24) is 0 Å². The molecule has 0 saturated heterocycles. The normalized spacial score (nSPS) is 12.6. The lowest BCUT2D eigenvalue weighted by molar-refractivity contribution is 0.167. The maximum atomic E-state index is 10.2. The van der Waals surface area contributed by atoms with E-state index in [9.17, 15) is 5.11 Å². The SMILES string of the molecule is Cc1ccc(C)c(C(O)CCc2ccsc2)c1. The van der Waals surface area contributed by atoms with Crippen LogP contribution in [0.2, 0.25) is 0 Å². The average Bonchev–Trinajstić information content (AvgIpc) is 2.82. The number of hydrogen-bond acceptors (Lipinski definition) is 2. The second-order valence-electron chi connectivity index (χ2n) is 4.55. The van der Waals surface area contributed by atoms with Crippen LogP contribution in [0.3, 0.4) is 0 Å². The monoisotopic (exact) mass is 246 g/mol. The first-order valence-corrected chi connectivity index (χ1v) is 6.87. The van der Waals surface area contributed by atoms with Crippen LogP contribution in [0.25, 0.3) is 0 Å². The highest BCUT2D eigenvalue weighted by molar-refractivity contribution is 7.07. The summed E-state index contributed by atoms with van der Waals surface area (Å²) in [5, 5.41) is 14.5. The molecular weight excluding hydrogens is 228 g/mol. The van der Waals surface area contributed by atoms with Crippen molar-refractivity contribution in [1.29, 1.82) is 0 Å². The summed E-state index contributed by atoms with van der Waals surface area (Å²) in [6.07, 6.45) is 1.38. The van der Waals surface area contributed by atoms with E-state index in [1.54, 1.807) is 11.3 Å². The number of aliphatic hydroxyl groups is 1. The van der Waals surface area contributed by atoms with Crippen LogP contribution < -0.4 is 0 Å². The van der Waals surface area contributed by atoms with Crippen molar-refractivity contribution < 1.29 is 5.11 Å². The second kappa shape index (κ2) is 5.48. The van der Waals surface area contributed by atoms with Gasteiger partial charge in [-0.2, -0.15) is 11.3 Å². The van der Waals surface area contributed by atoms with E-state index in [1.807, 2.05) is 0 Å². The quantitative estimate of drug-likeness (QED) is 0.863. The summed E-state index contributed by atoms with van der Waals surface area (Å²) in [5.74, 6) is 0. The van der Waals surface area contributed by atoms with E-state index in [1.165, 1.54) is 16.7 Å². The fourth-order valence-corrected chi connectivity index (χ4v) is 2.72. The Kier molecular flexibility index (Phi) is 3.97. The molecule has 0 radical (unpaired) electrons. The molecule has 0 bridgehead atoms. The van der Waals surface area contributed by atoms with E-state index in [0.717, 1.165) is 18.4 Å². The minimum atomic E-state index is -0.352. The van der Waals surface area contributed by atoms with E-state index in [0.29, 0.717) is 0 Å². The largest absolute Gasteiger partial charge is 0.388 e. The number of thiophene rings is 1. The van der Waals surface area contributed by atoms with Crippen LogP contribution in [-0.2, 0) is 6.42 Å².